The number of aryl methyl sites for hydroxylation is 1. The molecule has 0 aromatic carbocycles. The van der Waals surface area contributed by atoms with Crippen LogP contribution in [0.2, 0.25) is 0 Å². The van der Waals surface area contributed by atoms with Crippen LogP contribution < -0.4 is 11.3 Å². The number of nitrogens with zero attached hydrogens (tertiary/aromatic N) is 3. The molecule has 0 radical (unpaired) electrons. The smallest absolute Gasteiger partial charge is 0.267 e. The molecule has 1 saturated heterocycles. The van der Waals surface area contributed by atoms with Crippen molar-refractivity contribution in [2.24, 2.45) is 11.7 Å². The standard InChI is InChI=1S/C18H27FN4O2S/c1-11-7-16(24)23(21-14(11)5-6-22-9-13(19)10-22)17(18(20)25)15(26-2)8-12-3-4-12/h7,12-13,15,17H,3-6,8-10H2,1-2H3,(H2,20,25). The Morgan fingerprint density at radius 1 is 1.46 bits per heavy atom. The SMILES string of the molecule is CSC(CC1CC1)C(C(N)=O)n1nc(CCN2CC(F)C2)c(C)cc1=O. The average Bonchev–Trinajstić information content (AvgIpc) is 3.36. The Bertz CT molecular complexity index is 716. The van der Waals surface area contributed by atoms with Crippen molar-refractivity contribution in [1.82, 2.24) is 14.7 Å². The summed E-state index contributed by atoms with van der Waals surface area (Å²) in [5.74, 6) is 0.104. The zero-order chi connectivity index (χ0) is 18.8. The van der Waals surface area contributed by atoms with Gasteiger partial charge in [0, 0.05) is 37.4 Å². The van der Waals surface area contributed by atoms with Gasteiger partial charge in [-0.25, -0.2) is 9.07 Å². The molecule has 2 atom stereocenters. The van der Waals surface area contributed by atoms with Crippen molar-refractivity contribution in [3.63, 3.8) is 0 Å². The Morgan fingerprint density at radius 3 is 2.69 bits per heavy atom. The van der Waals surface area contributed by atoms with Crippen molar-refractivity contribution in [2.45, 2.75) is 50.1 Å². The minimum atomic E-state index is -0.739. The van der Waals surface area contributed by atoms with E-state index < -0.39 is 18.1 Å². The molecular weight excluding hydrogens is 355 g/mol. The molecule has 2 fully saturated rings. The number of hydrogen-bond acceptors (Lipinski definition) is 5. The lowest BCUT2D eigenvalue weighted by Gasteiger charge is -2.34. The van der Waals surface area contributed by atoms with E-state index in [0.717, 1.165) is 17.7 Å². The highest BCUT2D eigenvalue weighted by atomic mass is 32.2. The van der Waals surface area contributed by atoms with Crippen LogP contribution in [0, 0.1) is 12.8 Å². The Balaban J connectivity index is 1.81. The number of thioether (sulfide) groups is 1. The second kappa shape index (κ2) is 8.08. The Labute approximate surface area is 157 Å². The topological polar surface area (TPSA) is 81.2 Å². The lowest BCUT2D eigenvalue weighted by Crippen LogP contribution is -2.49. The van der Waals surface area contributed by atoms with Crippen LogP contribution >= 0.6 is 11.8 Å². The van der Waals surface area contributed by atoms with Gasteiger partial charge in [-0.15, -0.1) is 0 Å². The molecule has 2 unspecified atom stereocenters. The first-order valence-corrected chi connectivity index (χ1v) is 10.5. The van der Waals surface area contributed by atoms with Crippen LogP contribution in [0.4, 0.5) is 4.39 Å². The summed E-state index contributed by atoms with van der Waals surface area (Å²) in [6.07, 6.45) is 5.06. The van der Waals surface area contributed by atoms with E-state index in [4.69, 9.17) is 5.73 Å². The van der Waals surface area contributed by atoms with E-state index in [9.17, 15) is 14.0 Å². The molecule has 1 aromatic heterocycles. The van der Waals surface area contributed by atoms with Crippen LogP contribution in [-0.4, -0.2) is 57.9 Å². The highest BCUT2D eigenvalue weighted by molar-refractivity contribution is 7.99. The molecule has 8 heteroatoms. The Kier molecular flexibility index (Phi) is 6.02. The molecule has 1 aromatic rings. The molecule has 2 N–H and O–H groups in total. The minimum absolute atomic E-state index is 0.0524. The maximum Gasteiger partial charge on any atom is 0.267 e. The number of primary amides is 1. The first-order valence-electron chi connectivity index (χ1n) is 9.17. The van der Waals surface area contributed by atoms with E-state index in [1.165, 1.54) is 23.6 Å². The van der Waals surface area contributed by atoms with Crippen molar-refractivity contribution in [2.75, 3.05) is 25.9 Å². The van der Waals surface area contributed by atoms with Crippen molar-refractivity contribution in [1.29, 1.82) is 0 Å². The van der Waals surface area contributed by atoms with Gasteiger partial charge in [-0.05, 0) is 31.1 Å². The molecule has 1 amide bonds. The number of halogens is 1. The molecule has 1 aliphatic carbocycles. The first-order chi connectivity index (χ1) is 12.4. The van der Waals surface area contributed by atoms with Crippen molar-refractivity contribution in [3.05, 3.63) is 27.7 Å². The van der Waals surface area contributed by atoms with Gasteiger partial charge in [-0.1, -0.05) is 12.8 Å². The van der Waals surface area contributed by atoms with E-state index in [0.29, 0.717) is 32.0 Å². The number of rotatable bonds is 9. The molecular formula is C18H27FN4O2S. The molecule has 0 spiro atoms. The lowest BCUT2D eigenvalue weighted by atomic mass is 10.1. The van der Waals surface area contributed by atoms with Gasteiger partial charge in [0.15, 0.2) is 0 Å². The molecule has 26 heavy (non-hydrogen) atoms. The lowest BCUT2D eigenvalue weighted by molar-refractivity contribution is -0.121. The zero-order valence-electron chi connectivity index (χ0n) is 15.4. The predicted octanol–water partition coefficient (Wildman–Crippen LogP) is 1.31. The molecule has 144 valence electrons. The second-order valence-corrected chi connectivity index (χ2v) is 8.54. The van der Waals surface area contributed by atoms with Crippen LogP contribution in [0.1, 0.15) is 36.6 Å². The van der Waals surface area contributed by atoms with E-state index >= 15 is 0 Å². The molecule has 0 bridgehead atoms. The van der Waals surface area contributed by atoms with E-state index in [1.807, 2.05) is 18.1 Å². The van der Waals surface area contributed by atoms with Gasteiger partial charge in [-0.2, -0.15) is 16.9 Å². The number of aromatic nitrogens is 2. The number of amides is 1. The number of nitrogens with two attached hydrogens (primary N) is 1. The van der Waals surface area contributed by atoms with Crippen molar-refractivity contribution >= 4 is 17.7 Å². The van der Waals surface area contributed by atoms with Gasteiger partial charge in [0.05, 0.1) is 5.69 Å². The molecule has 1 aliphatic heterocycles. The fourth-order valence-electron chi connectivity index (χ4n) is 3.49. The summed E-state index contributed by atoms with van der Waals surface area (Å²) in [7, 11) is 0. The monoisotopic (exact) mass is 382 g/mol. The van der Waals surface area contributed by atoms with Gasteiger partial charge in [0.1, 0.15) is 12.2 Å². The minimum Gasteiger partial charge on any atom is -0.368 e. The van der Waals surface area contributed by atoms with Gasteiger partial charge in [-0.3, -0.25) is 14.5 Å². The first kappa shape index (κ1) is 19.4. The quantitative estimate of drug-likeness (QED) is 0.696. The summed E-state index contributed by atoms with van der Waals surface area (Å²) >= 11 is 1.57. The van der Waals surface area contributed by atoms with Crippen LogP contribution in [0.25, 0.3) is 0 Å². The van der Waals surface area contributed by atoms with E-state index in [2.05, 4.69) is 5.10 Å². The average molecular weight is 383 g/mol. The third-order valence-electron chi connectivity index (χ3n) is 5.30. The van der Waals surface area contributed by atoms with Gasteiger partial charge in [0.2, 0.25) is 5.91 Å². The fourth-order valence-corrected chi connectivity index (χ4v) is 4.46. The second-order valence-electron chi connectivity index (χ2n) is 7.46. The Morgan fingerprint density at radius 2 is 2.15 bits per heavy atom. The molecule has 3 rings (SSSR count). The Hall–Kier alpha value is -1.41. The zero-order valence-corrected chi connectivity index (χ0v) is 16.2. The highest BCUT2D eigenvalue weighted by Gasteiger charge is 2.35. The summed E-state index contributed by atoms with van der Waals surface area (Å²) in [5, 5.41) is 4.46. The third-order valence-corrected chi connectivity index (χ3v) is 6.36. The molecule has 6 nitrogen and oxygen atoms in total. The van der Waals surface area contributed by atoms with E-state index in [1.54, 1.807) is 11.8 Å². The highest BCUT2D eigenvalue weighted by Crippen LogP contribution is 2.39. The van der Waals surface area contributed by atoms with Crippen LogP contribution in [-0.2, 0) is 11.2 Å². The van der Waals surface area contributed by atoms with Crippen LogP contribution in [0.5, 0.6) is 0 Å². The maximum atomic E-state index is 13.0. The summed E-state index contributed by atoms with van der Waals surface area (Å²) in [4.78, 5) is 26.7. The summed E-state index contributed by atoms with van der Waals surface area (Å²) in [5.41, 5.74) is 6.94. The summed E-state index contributed by atoms with van der Waals surface area (Å²) in [6.45, 7) is 3.45. The fraction of sp³-hybridized carbons (Fsp3) is 0.722. The number of carbonyl (C=O) groups excluding carboxylic acids is 1. The van der Waals surface area contributed by atoms with Gasteiger partial charge < -0.3 is 5.73 Å². The van der Waals surface area contributed by atoms with Crippen molar-refractivity contribution in [3.8, 4) is 0 Å². The normalized spacial score (nSPS) is 20.6. The van der Waals surface area contributed by atoms with Crippen LogP contribution in [0.3, 0.4) is 0 Å². The summed E-state index contributed by atoms with van der Waals surface area (Å²) in [6, 6.07) is 0.789. The van der Waals surface area contributed by atoms with Crippen LogP contribution in [0.15, 0.2) is 10.9 Å². The third kappa shape index (κ3) is 4.46. The molecule has 2 heterocycles. The number of hydrogen-bond donors (Lipinski definition) is 1. The summed E-state index contributed by atoms with van der Waals surface area (Å²) < 4.78 is 14.2. The number of carbonyl (C=O) groups is 1. The number of alkyl halides is 1. The number of likely N-dealkylation sites (tertiary alicyclic amines) is 1. The van der Waals surface area contributed by atoms with E-state index in [-0.39, 0.29) is 10.8 Å². The van der Waals surface area contributed by atoms with Crippen molar-refractivity contribution < 1.29 is 9.18 Å². The molecule has 1 saturated carbocycles. The largest absolute Gasteiger partial charge is 0.368 e. The maximum absolute atomic E-state index is 13.0. The van der Waals surface area contributed by atoms with Gasteiger partial charge in [0.25, 0.3) is 5.56 Å². The predicted molar refractivity (Wildman–Crippen MR) is 101 cm³/mol. The molecule has 2 aliphatic rings. The van der Waals surface area contributed by atoms with Gasteiger partial charge >= 0.3 is 0 Å².